The fourth-order valence-electron chi connectivity index (χ4n) is 2.31. The normalized spacial score (nSPS) is 11.8. The summed E-state index contributed by atoms with van der Waals surface area (Å²) in [6.07, 6.45) is 0. The average Bonchev–Trinajstić information content (AvgIpc) is 2.59. The summed E-state index contributed by atoms with van der Waals surface area (Å²) >= 11 is 0. The minimum absolute atomic E-state index is 0.142. The number of aromatic nitrogens is 2. The second-order valence-corrected chi connectivity index (χ2v) is 5.42. The summed E-state index contributed by atoms with van der Waals surface area (Å²) in [6, 6.07) is 6.30. The highest BCUT2D eigenvalue weighted by molar-refractivity contribution is 6.04. The molecule has 1 heterocycles. The number of hydrogen-bond donors (Lipinski definition) is 2. The highest BCUT2D eigenvalue weighted by Gasteiger charge is 2.24. The lowest BCUT2D eigenvalue weighted by Crippen LogP contribution is -2.43. The fraction of sp³-hybridized carbons (Fsp3) is 0.312. The van der Waals surface area contributed by atoms with Crippen LogP contribution in [0.5, 0.6) is 5.75 Å². The van der Waals surface area contributed by atoms with Crippen molar-refractivity contribution in [3.05, 3.63) is 50.7 Å². The Labute approximate surface area is 138 Å². The van der Waals surface area contributed by atoms with Crippen LogP contribution in [-0.4, -0.2) is 28.1 Å². The molecule has 3 N–H and O–H groups in total. The predicted molar refractivity (Wildman–Crippen MR) is 91.7 cm³/mol. The van der Waals surface area contributed by atoms with E-state index in [2.05, 4.69) is 5.32 Å². The molecule has 0 aliphatic rings. The van der Waals surface area contributed by atoms with Crippen molar-refractivity contribution in [3.8, 4) is 5.75 Å². The molecule has 0 aliphatic carbocycles. The van der Waals surface area contributed by atoms with Gasteiger partial charge in [0.2, 0.25) is 0 Å². The maximum absolute atomic E-state index is 12.6. The topological polar surface area (TPSA) is 108 Å². The summed E-state index contributed by atoms with van der Waals surface area (Å²) in [6.45, 7) is 1.62. The van der Waals surface area contributed by atoms with Gasteiger partial charge in [-0.1, -0.05) is 0 Å². The summed E-state index contributed by atoms with van der Waals surface area (Å²) in [7, 11) is 4.28. The molecule has 0 saturated carbocycles. The number of nitrogens with zero attached hydrogens (tertiary/aromatic N) is 2. The third kappa shape index (κ3) is 3.03. The summed E-state index contributed by atoms with van der Waals surface area (Å²) < 4.78 is 7.02. The fourth-order valence-corrected chi connectivity index (χ4v) is 2.31. The van der Waals surface area contributed by atoms with Crippen LogP contribution in [0.2, 0.25) is 0 Å². The molecular formula is C16H20N4O4. The molecule has 2 rings (SSSR count). The number of Topliss-reactive ketones (excluding diaryl/α,β-unsaturated/α-hetero) is 1. The third-order valence-corrected chi connectivity index (χ3v) is 3.82. The Hall–Kier alpha value is -3.03. The molecule has 0 bridgehead atoms. The zero-order valence-electron chi connectivity index (χ0n) is 14.0. The van der Waals surface area contributed by atoms with Crippen LogP contribution in [-0.2, 0) is 14.1 Å². The number of carbonyl (C=O) groups excluding carboxylic acids is 1. The molecule has 1 aromatic heterocycles. The van der Waals surface area contributed by atoms with Crippen LogP contribution < -0.4 is 27.0 Å². The minimum atomic E-state index is -0.705. The molecule has 2 aromatic rings. The molecule has 8 heteroatoms. The highest BCUT2D eigenvalue weighted by atomic mass is 16.5. The van der Waals surface area contributed by atoms with Crippen LogP contribution in [0.25, 0.3) is 0 Å². The summed E-state index contributed by atoms with van der Waals surface area (Å²) in [4.78, 5) is 36.7. The number of ether oxygens (including phenoxy) is 1. The molecule has 0 unspecified atom stereocenters. The Bertz CT molecular complexity index is 881. The highest BCUT2D eigenvalue weighted by Crippen LogP contribution is 2.17. The molecule has 1 atom stereocenters. The molecule has 128 valence electrons. The zero-order valence-corrected chi connectivity index (χ0v) is 14.0. The quantitative estimate of drug-likeness (QED) is 0.765. The van der Waals surface area contributed by atoms with Gasteiger partial charge in [-0.2, -0.15) is 0 Å². The second-order valence-electron chi connectivity index (χ2n) is 5.42. The molecule has 0 spiro atoms. The largest absolute Gasteiger partial charge is 0.497 e. The van der Waals surface area contributed by atoms with Crippen molar-refractivity contribution in [2.24, 2.45) is 14.1 Å². The number of methoxy groups -OCH3 is 1. The number of nitrogens with one attached hydrogen (secondary N) is 1. The lowest BCUT2D eigenvalue weighted by Gasteiger charge is -2.17. The van der Waals surface area contributed by atoms with Crippen molar-refractivity contribution in [3.63, 3.8) is 0 Å². The van der Waals surface area contributed by atoms with E-state index >= 15 is 0 Å². The maximum atomic E-state index is 12.6. The van der Waals surface area contributed by atoms with E-state index < -0.39 is 23.1 Å². The summed E-state index contributed by atoms with van der Waals surface area (Å²) in [5.41, 5.74) is 5.01. The van der Waals surface area contributed by atoms with Gasteiger partial charge >= 0.3 is 5.69 Å². The monoisotopic (exact) mass is 332 g/mol. The van der Waals surface area contributed by atoms with Gasteiger partial charge in [-0.3, -0.25) is 18.7 Å². The van der Waals surface area contributed by atoms with E-state index in [-0.39, 0.29) is 11.4 Å². The van der Waals surface area contributed by atoms with E-state index in [1.807, 2.05) is 0 Å². The molecule has 8 nitrogen and oxygen atoms in total. The minimum Gasteiger partial charge on any atom is -0.497 e. The van der Waals surface area contributed by atoms with E-state index in [4.69, 9.17) is 10.5 Å². The van der Waals surface area contributed by atoms with E-state index in [1.165, 1.54) is 14.1 Å². The van der Waals surface area contributed by atoms with Crippen LogP contribution in [0.15, 0.2) is 33.9 Å². The van der Waals surface area contributed by atoms with Gasteiger partial charge in [0, 0.05) is 19.8 Å². The number of nitrogen functional groups attached to an aromatic ring is 1. The average molecular weight is 332 g/mol. The van der Waals surface area contributed by atoms with Gasteiger partial charge in [0.05, 0.1) is 13.2 Å². The standard InChI is InChI=1S/C16H20N4O4/c1-9(18-10-5-7-11(24-4)8-6-10)13(21)12-14(17)19(2)16(23)20(3)15(12)22/h5-9,18H,17H2,1-4H3/t9-/m1/s1. The second kappa shape index (κ2) is 6.61. The number of nitrogens with two attached hydrogens (primary N) is 1. The molecule has 0 aliphatic heterocycles. The number of anilines is 2. The molecule has 0 saturated heterocycles. The van der Waals surface area contributed by atoms with E-state index in [1.54, 1.807) is 38.3 Å². The number of carbonyl (C=O) groups is 1. The predicted octanol–water partition coefficient (Wildman–Crippen LogP) is 0.358. The van der Waals surface area contributed by atoms with E-state index in [9.17, 15) is 14.4 Å². The van der Waals surface area contributed by atoms with Crippen LogP contribution in [0.3, 0.4) is 0 Å². The Balaban J connectivity index is 2.34. The Morgan fingerprint density at radius 3 is 2.29 bits per heavy atom. The SMILES string of the molecule is COc1ccc(N[C@H](C)C(=O)c2c(N)n(C)c(=O)n(C)c2=O)cc1. The molecular weight excluding hydrogens is 312 g/mol. The van der Waals surface area contributed by atoms with Crippen molar-refractivity contribution < 1.29 is 9.53 Å². The molecule has 0 amide bonds. The van der Waals surface area contributed by atoms with Crippen molar-refractivity contribution in [1.29, 1.82) is 0 Å². The number of benzene rings is 1. The van der Waals surface area contributed by atoms with Crippen LogP contribution >= 0.6 is 0 Å². The summed E-state index contributed by atoms with van der Waals surface area (Å²) in [5, 5.41) is 3.00. The van der Waals surface area contributed by atoms with Crippen molar-refractivity contribution in [1.82, 2.24) is 9.13 Å². The molecule has 24 heavy (non-hydrogen) atoms. The third-order valence-electron chi connectivity index (χ3n) is 3.82. The van der Waals surface area contributed by atoms with Crippen molar-refractivity contribution in [2.75, 3.05) is 18.2 Å². The van der Waals surface area contributed by atoms with E-state index in [0.29, 0.717) is 11.4 Å². The van der Waals surface area contributed by atoms with Crippen LogP contribution in [0, 0.1) is 0 Å². The lowest BCUT2D eigenvalue weighted by molar-refractivity contribution is 0.0973. The van der Waals surface area contributed by atoms with Crippen LogP contribution in [0.4, 0.5) is 11.5 Å². The van der Waals surface area contributed by atoms with Crippen molar-refractivity contribution >= 4 is 17.3 Å². The first-order chi connectivity index (χ1) is 11.3. The van der Waals surface area contributed by atoms with E-state index in [0.717, 1.165) is 9.13 Å². The Kier molecular flexibility index (Phi) is 4.77. The number of rotatable bonds is 5. The summed E-state index contributed by atoms with van der Waals surface area (Å²) in [5.74, 6) is 0.0618. The van der Waals surface area contributed by atoms with Gasteiger partial charge in [0.15, 0.2) is 5.78 Å². The molecule has 1 aromatic carbocycles. The van der Waals surface area contributed by atoms with Gasteiger partial charge in [-0.25, -0.2) is 4.79 Å². The molecule has 0 fully saturated rings. The van der Waals surface area contributed by atoms with Crippen LogP contribution in [0.1, 0.15) is 17.3 Å². The first-order valence-corrected chi connectivity index (χ1v) is 7.28. The zero-order chi connectivity index (χ0) is 18.0. The van der Waals surface area contributed by atoms with Gasteiger partial charge in [-0.15, -0.1) is 0 Å². The first-order valence-electron chi connectivity index (χ1n) is 7.28. The lowest BCUT2D eigenvalue weighted by atomic mass is 10.1. The Morgan fingerprint density at radius 1 is 1.17 bits per heavy atom. The van der Waals surface area contributed by atoms with Gasteiger partial charge in [0.25, 0.3) is 5.56 Å². The molecule has 0 radical (unpaired) electrons. The smallest absolute Gasteiger partial charge is 0.332 e. The number of ketones is 1. The first kappa shape index (κ1) is 17.3. The Morgan fingerprint density at radius 2 is 1.75 bits per heavy atom. The van der Waals surface area contributed by atoms with Crippen molar-refractivity contribution in [2.45, 2.75) is 13.0 Å². The van der Waals surface area contributed by atoms with Gasteiger partial charge in [-0.05, 0) is 31.2 Å². The van der Waals surface area contributed by atoms with Gasteiger partial charge in [0.1, 0.15) is 17.1 Å². The number of hydrogen-bond acceptors (Lipinski definition) is 6. The maximum Gasteiger partial charge on any atom is 0.332 e. The van der Waals surface area contributed by atoms with Gasteiger partial charge < -0.3 is 15.8 Å².